The van der Waals surface area contributed by atoms with Crippen LogP contribution in [0.3, 0.4) is 0 Å². The second kappa shape index (κ2) is 8.50. The molecular formula is C25H23N5O2S2. The number of rotatable bonds is 5. The summed E-state index contributed by atoms with van der Waals surface area (Å²) in [6.07, 6.45) is 1.04. The van der Waals surface area contributed by atoms with Crippen molar-refractivity contribution in [1.29, 1.82) is 0 Å². The van der Waals surface area contributed by atoms with Crippen LogP contribution in [0.25, 0.3) is 16.7 Å². The van der Waals surface area contributed by atoms with Crippen molar-refractivity contribution in [2.24, 2.45) is 0 Å². The zero-order chi connectivity index (χ0) is 23.2. The van der Waals surface area contributed by atoms with Crippen LogP contribution in [0, 0.1) is 4.77 Å². The van der Waals surface area contributed by atoms with E-state index in [-0.39, 0.29) is 5.56 Å². The second-order valence-electron chi connectivity index (χ2n) is 8.45. The summed E-state index contributed by atoms with van der Waals surface area (Å²) in [5.74, 6) is 1.27. The molecule has 9 heteroatoms. The zero-order valence-electron chi connectivity index (χ0n) is 18.7. The number of nitrogens with zero attached hydrogens (tertiary/aromatic N) is 5. The van der Waals surface area contributed by atoms with Crippen LogP contribution in [0.2, 0.25) is 0 Å². The van der Waals surface area contributed by atoms with Gasteiger partial charge in [-0.1, -0.05) is 30.3 Å². The van der Waals surface area contributed by atoms with Crippen LogP contribution in [0.4, 0.5) is 0 Å². The fraction of sp³-hybridized carbons (Fsp3) is 0.240. The molecule has 0 atom stereocenters. The highest BCUT2D eigenvalue weighted by Crippen LogP contribution is 2.25. The van der Waals surface area contributed by atoms with Gasteiger partial charge >= 0.3 is 0 Å². The van der Waals surface area contributed by atoms with E-state index in [9.17, 15) is 4.79 Å². The predicted octanol–water partition coefficient (Wildman–Crippen LogP) is 4.31. The molecule has 0 N–H and O–H groups in total. The van der Waals surface area contributed by atoms with Gasteiger partial charge in [-0.2, -0.15) is 0 Å². The van der Waals surface area contributed by atoms with Crippen molar-refractivity contribution in [3.8, 4) is 5.75 Å². The SMILES string of the molecule is COc1ccccc1Cn1c(=O)c2ccccc2n2c(=S)n(CN3CCc4sccc4C3)nc12. The number of aromatic nitrogens is 4. The van der Waals surface area contributed by atoms with Crippen LogP contribution in [-0.4, -0.2) is 37.3 Å². The molecule has 3 aromatic heterocycles. The first kappa shape index (κ1) is 21.3. The van der Waals surface area contributed by atoms with Gasteiger partial charge in [-0.05, 0) is 53.8 Å². The lowest BCUT2D eigenvalue weighted by Gasteiger charge is -2.26. The molecule has 0 bridgehead atoms. The number of hydrogen-bond donors (Lipinski definition) is 0. The largest absolute Gasteiger partial charge is 0.496 e. The molecule has 6 rings (SSSR count). The van der Waals surface area contributed by atoms with Crippen LogP contribution in [0.5, 0.6) is 5.75 Å². The van der Waals surface area contributed by atoms with Gasteiger partial charge in [-0.25, -0.2) is 4.68 Å². The minimum atomic E-state index is -0.0953. The Morgan fingerprint density at radius 3 is 2.82 bits per heavy atom. The molecule has 1 aliphatic heterocycles. The fourth-order valence-electron chi connectivity index (χ4n) is 4.72. The van der Waals surface area contributed by atoms with E-state index in [2.05, 4.69) is 16.3 Å². The molecule has 0 radical (unpaired) electrons. The van der Waals surface area contributed by atoms with Crippen molar-refractivity contribution in [3.63, 3.8) is 0 Å². The van der Waals surface area contributed by atoms with Gasteiger partial charge in [0.15, 0.2) is 0 Å². The summed E-state index contributed by atoms with van der Waals surface area (Å²) in [6.45, 7) is 2.75. The third-order valence-corrected chi connectivity index (χ3v) is 7.84. The first-order valence-corrected chi connectivity index (χ1v) is 12.4. The molecule has 5 aromatic rings. The Morgan fingerprint density at radius 2 is 1.94 bits per heavy atom. The van der Waals surface area contributed by atoms with Crippen molar-refractivity contribution >= 4 is 40.2 Å². The Kier molecular flexibility index (Phi) is 5.32. The summed E-state index contributed by atoms with van der Waals surface area (Å²) in [5, 5.41) is 7.64. The van der Waals surface area contributed by atoms with Crippen LogP contribution in [-0.2, 0) is 26.2 Å². The number of hydrogen-bond acceptors (Lipinski definition) is 6. The number of ether oxygens (including phenoxy) is 1. The Morgan fingerprint density at radius 1 is 1.12 bits per heavy atom. The third kappa shape index (κ3) is 3.48. The lowest BCUT2D eigenvalue weighted by Crippen LogP contribution is -2.32. The molecule has 0 saturated carbocycles. The van der Waals surface area contributed by atoms with Crippen LogP contribution >= 0.6 is 23.6 Å². The highest BCUT2D eigenvalue weighted by atomic mass is 32.1. The summed E-state index contributed by atoms with van der Waals surface area (Å²) in [5.41, 5.74) is 2.96. The van der Waals surface area contributed by atoms with E-state index in [0.717, 1.165) is 36.3 Å². The lowest BCUT2D eigenvalue weighted by atomic mass is 10.1. The van der Waals surface area contributed by atoms with Gasteiger partial charge in [0.25, 0.3) is 5.56 Å². The fourth-order valence-corrected chi connectivity index (χ4v) is 5.89. The monoisotopic (exact) mass is 489 g/mol. The van der Waals surface area contributed by atoms with Gasteiger partial charge in [-0.3, -0.25) is 18.7 Å². The maximum atomic E-state index is 13.6. The van der Waals surface area contributed by atoms with Gasteiger partial charge < -0.3 is 4.74 Å². The quantitative estimate of drug-likeness (QED) is 0.344. The molecule has 2 aromatic carbocycles. The third-order valence-electron chi connectivity index (χ3n) is 6.43. The average Bonchev–Trinajstić information content (AvgIpc) is 3.46. The van der Waals surface area contributed by atoms with E-state index in [0.29, 0.717) is 29.1 Å². The number of methoxy groups -OCH3 is 1. The summed E-state index contributed by atoms with van der Waals surface area (Å²) >= 11 is 7.73. The van der Waals surface area contributed by atoms with E-state index in [4.69, 9.17) is 22.1 Å². The molecule has 0 amide bonds. The highest BCUT2D eigenvalue weighted by Gasteiger charge is 2.21. The topological polar surface area (TPSA) is 56.7 Å². The molecule has 0 aliphatic carbocycles. The standard InChI is InChI=1S/C25H23N5O2S2/c1-32-21-9-5-2-6-17(21)15-28-23(31)19-7-3-4-8-20(19)30-24(28)26-29(25(30)33)16-27-12-10-22-18(14-27)11-13-34-22/h2-9,11,13H,10,12,14-16H2,1H3. The Bertz CT molecular complexity index is 1640. The number of benzene rings is 2. The van der Waals surface area contributed by atoms with Crippen molar-refractivity contribution in [2.45, 2.75) is 26.2 Å². The van der Waals surface area contributed by atoms with Crippen LogP contribution < -0.4 is 10.3 Å². The van der Waals surface area contributed by atoms with Crippen LogP contribution in [0.1, 0.15) is 16.0 Å². The Balaban J connectivity index is 1.50. The van der Waals surface area contributed by atoms with E-state index < -0.39 is 0 Å². The molecule has 0 unspecified atom stereocenters. The highest BCUT2D eigenvalue weighted by molar-refractivity contribution is 7.71. The first-order chi connectivity index (χ1) is 16.6. The molecule has 1 aliphatic rings. The minimum Gasteiger partial charge on any atom is -0.496 e. The lowest BCUT2D eigenvalue weighted by molar-refractivity contribution is 0.190. The molecule has 172 valence electrons. The summed E-state index contributed by atoms with van der Waals surface area (Å²) in [7, 11) is 1.64. The number of para-hydroxylation sites is 2. The maximum Gasteiger partial charge on any atom is 0.263 e. The summed E-state index contributed by atoms with van der Waals surface area (Å²) < 4.78 is 11.6. The van der Waals surface area contributed by atoms with Gasteiger partial charge in [0.1, 0.15) is 5.75 Å². The van der Waals surface area contributed by atoms with Gasteiger partial charge in [0, 0.05) is 23.5 Å². The first-order valence-electron chi connectivity index (χ1n) is 11.1. The minimum absolute atomic E-state index is 0.0953. The Hall–Kier alpha value is -3.27. The summed E-state index contributed by atoms with van der Waals surface area (Å²) in [6, 6.07) is 17.5. The molecule has 0 spiro atoms. The van der Waals surface area contributed by atoms with E-state index in [1.807, 2.05) is 69.0 Å². The van der Waals surface area contributed by atoms with Crippen molar-refractivity contribution in [1.82, 2.24) is 23.6 Å². The van der Waals surface area contributed by atoms with Crippen molar-refractivity contribution in [2.75, 3.05) is 13.7 Å². The number of thiophene rings is 1. The van der Waals surface area contributed by atoms with Crippen LogP contribution in [0.15, 0.2) is 64.8 Å². The normalized spacial score (nSPS) is 14.0. The predicted molar refractivity (Wildman–Crippen MR) is 136 cm³/mol. The van der Waals surface area contributed by atoms with Gasteiger partial charge in [-0.15, -0.1) is 16.4 Å². The molecule has 7 nitrogen and oxygen atoms in total. The smallest absolute Gasteiger partial charge is 0.263 e. The summed E-state index contributed by atoms with van der Waals surface area (Å²) in [4.78, 5) is 17.4. The second-order valence-corrected chi connectivity index (χ2v) is 9.82. The van der Waals surface area contributed by atoms with Crippen molar-refractivity contribution < 1.29 is 4.74 Å². The van der Waals surface area contributed by atoms with Gasteiger partial charge in [0.2, 0.25) is 10.5 Å². The Labute approximate surface area is 205 Å². The molecule has 34 heavy (non-hydrogen) atoms. The molecule has 4 heterocycles. The maximum absolute atomic E-state index is 13.6. The zero-order valence-corrected chi connectivity index (χ0v) is 20.3. The van der Waals surface area contributed by atoms with Crippen molar-refractivity contribution in [3.05, 3.63) is 91.1 Å². The molecular weight excluding hydrogens is 466 g/mol. The molecule has 0 saturated heterocycles. The average molecular weight is 490 g/mol. The van der Waals surface area contributed by atoms with E-state index in [1.54, 1.807) is 11.7 Å². The van der Waals surface area contributed by atoms with E-state index in [1.165, 1.54) is 10.4 Å². The van der Waals surface area contributed by atoms with Gasteiger partial charge in [0.05, 0.1) is 31.2 Å². The number of fused-ring (bicyclic) bond motifs is 4. The molecule has 0 fully saturated rings. The van der Waals surface area contributed by atoms with E-state index >= 15 is 0 Å².